The van der Waals surface area contributed by atoms with E-state index < -0.39 is 0 Å². The predicted molar refractivity (Wildman–Crippen MR) is 70.3 cm³/mol. The molecule has 0 amide bonds. The molecule has 4 heteroatoms. The zero-order chi connectivity index (χ0) is 12.3. The lowest BCUT2D eigenvalue weighted by Crippen LogP contribution is -2.56. The van der Waals surface area contributed by atoms with Crippen LogP contribution in [-0.4, -0.2) is 74.9 Å². The van der Waals surface area contributed by atoms with Gasteiger partial charge in [0, 0.05) is 45.3 Å². The minimum Gasteiger partial charge on any atom is -0.374 e. The average molecular weight is 241 g/mol. The van der Waals surface area contributed by atoms with Gasteiger partial charge in [-0.1, -0.05) is 13.8 Å². The summed E-state index contributed by atoms with van der Waals surface area (Å²) in [4.78, 5) is 4.93. The second-order valence-electron chi connectivity index (χ2n) is 5.82. The van der Waals surface area contributed by atoms with E-state index in [2.05, 4.69) is 36.0 Å². The Morgan fingerprint density at radius 2 is 2.12 bits per heavy atom. The molecule has 17 heavy (non-hydrogen) atoms. The van der Waals surface area contributed by atoms with Gasteiger partial charge in [-0.15, -0.1) is 0 Å². The van der Waals surface area contributed by atoms with Crippen molar-refractivity contribution in [3.63, 3.8) is 0 Å². The van der Waals surface area contributed by atoms with Crippen molar-refractivity contribution in [2.45, 2.75) is 26.0 Å². The van der Waals surface area contributed by atoms with Crippen molar-refractivity contribution in [3.8, 4) is 0 Å². The first-order valence-corrected chi connectivity index (χ1v) is 6.91. The first kappa shape index (κ1) is 13.3. The summed E-state index contributed by atoms with van der Waals surface area (Å²) in [7, 11) is 2.18. The second-order valence-corrected chi connectivity index (χ2v) is 5.82. The van der Waals surface area contributed by atoms with Crippen molar-refractivity contribution in [2.24, 2.45) is 5.92 Å². The molecule has 2 unspecified atom stereocenters. The molecule has 2 rings (SSSR count). The van der Waals surface area contributed by atoms with Gasteiger partial charge in [0.1, 0.15) is 0 Å². The Hall–Kier alpha value is -0.160. The van der Waals surface area contributed by atoms with Gasteiger partial charge in [0.2, 0.25) is 0 Å². The lowest BCUT2D eigenvalue weighted by Gasteiger charge is -2.39. The summed E-state index contributed by atoms with van der Waals surface area (Å²) in [6, 6.07) is 0.644. The molecular weight excluding hydrogens is 214 g/mol. The number of nitrogens with one attached hydrogen (secondary N) is 1. The summed E-state index contributed by atoms with van der Waals surface area (Å²) in [5, 5.41) is 3.60. The van der Waals surface area contributed by atoms with Crippen LogP contribution in [-0.2, 0) is 4.74 Å². The third-order valence-corrected chi connectivity index (χ3v) is 3.90. The standard InChI is InChI=1S/C13H27N3O/c1-11(2)13-10-16(5-4-14-13)9-12-8-15(3)6-7-17-12/h11-14H,4-10H2,1-3H3. The number of likely N-dealkylation sites (N-methyl/N-ethyl adjacent to an activating group) is 1. The number of nitrogens with zero attached hydrogens (tertiary/aromatic N) is 2. The van der Waals surface area contributed by atoms with Gasteiger partial charge < -0.3 is 15.0 Å². The molecule has 0 aromatic carbocycles. The molecule has 0 bridgehead atoms. The molecule has 2 fully saturated rings. The topological polar surface area (TPSA) is 27.7 Å². The fourth-order valence-electron chi connectivity index (χ4n) is 2.72. The smallest absolute Gasteiger partial charge is 0.0829 e. The molecule has 0 aliphatic carbocycles. The number of morpholine rings is 1. The van der Waals surface area contributed by atoms with Gasteiger partial charge in [-0.3, -0.25) is 4.90 Å². The van der Waals surface area contributed by atoms with Crippen LogP contribution in [0.2, 0.25) is 0 Å². The second kappa shape index (κ2) is 6.14. The van der Waals surface area contributed by atoms with Crippen LogP contribution < -0.4 is 5.32 Å². The van der Waals surface area contributed by atoms with Crippen molar-refractivity contribution in [1.29, 1.82) is 0 Å². The Morgan fingerprint density at radius 3 is 2.82 bits per heavy atom. The molecule has 0 aromatic rings. The summed E-state index contributed by atoms with van der Waals surface area (Å²) in [5.74, 6) is 0.716. The molecule has 2 atom stereocenters. The van der Waals surface area contributed by atoms with E-state index in [1.807, 2.05) is 0 Å². The van der Waals surface area contributed by atoms with Crippen LogP contribution >= 0.6 is 0 Å². The number of ether oxygens (including phenoxy) is 1. The fourth-order valence-corrected chi connectivity index (χ4v) is 2.72. The van der Waals surface area contributed by atoms with E-state index in [-0.39, 0.29) is 0 Å². The average Bonchev–Trinajstić information content (AvgIpc) is 2.29. The Labute approximate surface area is 105 Å². The highest BCUT2D eigenvalue weighted by molar-refractivity contribution is 4.83. The Balaban J connectivity index is 1.78. The Bertz CT molecular complexity index is 235. The van der Waals surface area contributed by atoms with Crippen molar-refractivity contribution >= 4 is 0 Å². The fraction of sp³-hybridized carbons (Fsp3) is 1.00. The highest BCUT2D eigenvalue weighted by Gasteiger charge is 2.25. The molecule has 2 saturated heterocycles. The number of hydrogen-bond acceptors (Lipinski definition) is 4. The lowest BCUT2D eigenvalue weighted by atomic mass is 10.0. The van der Waals surface area contributed by atoms with E-state index in [9.17, 15) is 0 Å². The molecule has 0 radical (unpaired) electrons. The maximum Gasteiger partial charge on any atom is 0.0829 e. The highest BCUT2D eigenvalue weighted by Crippen LogP contribution is 2.11. The summed E-state index contributed by atoms with van der Waals surface area (Å²) in [6.45, 7) is 12.2. The van der Waals surface area contributed by atoms with Crippen LogP contribution in [0.4, 0.5) is 0 Å². The number of piperazine rings is 1. The van der Waals surface area contributed by atoms with Crippen molar-refractivity contribution in [1.82, 2.24) is 15.1 Å². The van der Waals surface area contributed by atoms with Gasteiger partial charge in [0.05, 0.1) is 12.7 Å². The molecule has 100 valence electrons. The monoisotopic (exact) mass is 241 g/mol. The molecular formula is C13H27N3O. The predicted octanol–water partition coefficient (Wildman–Crippen LogP) is 0.247. The minimum absolute atomic E-state index is 0.402. The van der Waals surface area contributed by atoms with E-state index in [4.69, 9.17) is 4.74 Å². The van der Waals surface area contributed by atoms with Crippen LogP contribution in [0, 0.1) is 5.92 Å². The summed E-state index contributed by atoms with van der Waals surface area (Å²) in [5.41, 5.74) is 0. The van der Waals surface area contributed by atoms with Crippen LogP contribution in [0.25, 0.3) is 0 Å². The van der Waals surface area contributed by atoms with Crippen LogP contribution in [0.5, 0.6) is 0 Å². The highest BCUT2D eigenvalue weighted by atomic mass is 16.5. The SMILES string of the molecule is CC(C)C1CN(CC2CN(C)CCO2)CCN1. The van der Waals surface area contributed by atoms with Gasteiger partial charge in [-0.25, -0.2) is 0 Å². The quantitative estimate of drug-likeness (QED) is 0.766. The molecule has 0 spiro atoms. The third-order valence-electron chi connectivity index (χ3n) is 3.90. The first-order chi connectivity index (χ1) is 8.15. The molecule has 0 aromatic heterocycles. The van der Waals surface area contributed by atoms with E-state index in [1.165, 1.54) is 6.54 Å². The van der Waals surface area contributed by atoms with E-state index >= 15 is 0 Å². The maximum atomic E-state index is 5.84. The van der Waals surface area contributed by atoms with Crippen molar-refractivity contribution < 1.29 is 4.74 Å². The molecule has 2 heterocycles. The van der Waals surface area contributed by atoms with Crippen LogP contribution in [0.15, 0.2) is 0 Å². The summed E-state index contributed by atoms with van der Waals surface area (Å²) >= 11 is 0. The van der Waals surface area contributed by atoms with E-state index in [0.717, 1.165) is 39.3 Å². The van der Waals surface area contributed by atoms with Gasteiger partial charge in [-0.2, -0.15) is 0 Å². The third kappa shape index (κ3) is 3.91. The van der Waals surface area contributed by atoms with Gasteiger partial charge in [0.15, 0.2) is 0 Å². The van der Waals surface area contributed by atoms with E-state index in [1.54, 1.807) is 0 Å². The van der Waals surface area contributed by atoms with Crippen molar-refractivity contribution in [3.05, 3.63) is 0 Å². The minimum atomic E-state index is 0.402. The molecule has 2 aliphatic rings. The normalized spacial score (nSPS) is 33.2. The molecule has 0 saturated carbocycles. The summed E-state index contributed by atoms with van der Waals surface area (Å²) in [6.07, 6.45) is 0.402. The number of hydrogen-bond donors (Lipinski definition) is 1. The van der Waals surface area contributed by atoms with Gasteiger partial charge in [-0.05, 0) is 13.0 Å². The van der Waals surface area contributed by atoms with Crippen LogP contribution in [0.3, 0.4) is 0 Å². The Morgan fingerprint density at radius 1 is 1.29 bits per heavy atom. The number of rotatable bonds is 3. The van der Waals surface area contributed by atoms with Crippen molar-refractivity contribution in [2.75, 3.05) is 52.9 Å². The largest absolute Gasteiger partial charge is 0.374 e. The zero-order valence-electron chi connectivity index (χ0n) is 11.5. The first-order valence-electron chi connectivity index (χ1n) is 6.91. The molecule has 4 nitrogen and oxygen atoms in total. The van der Waals surface area contributed by atoms with Gasteiger partial charge in [0.25, 0.3) is 0 Å². The lowest BCUT2D eigenvalue weighted by molar-refractivity contribution is -0.0394. The van der Waals surface area contributed by atoms with Gasteiger partial charge >= 0.3 is 0 Å². The zero-order valence-corrected chi connectivity index (χ0v) is 11.5. The molecule has 2 aliphatic heterocycles. The maximum absolute atomic E-state index is 5.84. The van der Waals surface area contributed by atoms with Crippen LogP contribution in [0.1, 0.15) is 13.8 Å². The summed E-state index contributed by atoms with van der Waals surface area (Å²) < 4.78 is 5.84. The molecule has 1 N–H and O–H groups in total. The van der Waals surface area contributed by atoms with E-state index in [0.29, 0.717) is 18.1 Å². The Kier molecular flexibility index (Phi) is 4.79.